The molecule has 0 unspecified atom stereocenters. The first-order chi connectivity index (χ1) is 7.45. The SMILES string of the molecule is c1ccc(N2NCc3cncnc32)nc1. The molecule has 0 aromatic carbocycles. The number of nitrogens with zero attached hydrogens (tertiary/aromatic N) is 4. The zero-order valence-corrected chi connectivity index (χ0v) is 7.96. The summed E-state index contributed by atoms with van der Waals surface area (Å²) in [6.07, 6.45) is 5.12. The molecule has 1 aliphatic heterocycles. The summed E-state index contributed by atoms with van der Waals surface area (Å²) in [5, 5.41) is 1.87. The molecule has 0 bridgehead atoms. The van der Waals surface area contributed by atoms with Crippen molar-refractivity contribution >= 4 is 11.6 Å². The molecule has 3 heterocycles. The summed E-state index contributed by atoms with van der Waals surface area (Å²) < 4.78 is 0. The topological polar surface area (TPSA) is 53.9 Å². The fraction of sp³-hybridized carbons (Fsp3) is 0.100. The quantitative estimate of drug-likeness (QED) is 0.743. The normalized spacial score (nSPS) is 14.0. The Hall–Kier alpha value is -2.01. The molecule has 0 saturated heterocycles. The second-order valence-electron chi connectivity index (χ2n) is 3.23. The van der Waals surface area contributed by atoms with Crippen LogP contribution in [0.25, 0.3) is 0 Å². The Morgan fingerprint density at radius 3 is 3.13 bits per heavy atom. The van der Waals surface area contributed by atoms with Crippen molar-refractivity contribution in [1.82, 2.24) is 20.4 Å². The molecule has 2 aromatic heterocycles. The number of pyridine rings is 1. The van der Waals surface area contributed by atoms with E-state index in [1.165, 1.54) is 0 Å². The number of hydrazine groups is 1. The molecule has 1 aliphatic rings. The van der Waals surface area contributed by atoms with Crippen LogP contribution in [0.5, 0.6) is 0 Å². The average molecular weight is 199 g/mol. The van der Waals surface area contributed by atoms with Crippen LogP contribution in [0.15, 0.2) is 36.9 Å². The third kappa shape index (κ3) is 1.33. The van der Waals surface area contributed by atoms with E-state index in [2.05, 4.69) is 20.4 Å². The molecule has 0 spiro atoms. The first-order valence-corrected chi connectivity index (χ1v) is 4.69. The summed E-state index contributed by atoms with van der Waals surface area (Å²) in [5.74, 6) is 1.72. The Kier molecular flexibility index (Phi) is 1.82. The maximum absolute atomic E-state index is 4.26. The fourth-order valence-corrected chi connectivity index (χ4v) is 1.59. The lowest BCUT2D eigenvalue weighted by atomic mass is 10.3. The van der Waals surface area contributed by atoms with E-state index in [0.29, 0.717) is 0 Å². The van der Waals surface area contributed by atoms with Gasteiger partial charge in [0.2, 0.25) is 0 Å². The molecule has 0 atom stereocenters. The second kappa shape index (κ2) is 3.29. The Morgan fingerprint density at radius 1 is 1.27 bits per heavy atom. The molecule has 5 heteroatoms. The molecule has 0 radical (unpaired) electrons. The van der Waals surface area contributed by atoms with Gasteiger partial charge in [0.05, 0.1) is 0 Å². The molecule has 0 fully saturated rings. The molecule has 0 aliphatic carbocycles. The lowest BCUT2D eigenvalue weighted by Crippen LogP contribution is -2.27. The lowest BCUT2D eigenvalue weighted by molar-refractivity contribution is 0.751. The maximum Gasteiger partial charge on any atom is 0.156 e. The van der Waals surface area contributed by atoms with E-state index >= 15 is 0 Å². The van der Waals surface area contributed by atoms with Crippen LogP contribution in [0.1, 0.15) is 5.56 Å². The monoisotopic (exact) mass is 199 g/mol. The zero-order valence-electron chi connectivity index (χ0n) is 7.96. The Labute approximate surface area is 86.8 Å². The highest BCUT2D eigenvalue weighted by molar-refractivity contribution is 5.60. The molecule has 1 N–H and O–H groups in total. The molecule has 5 nitrogen and oxygen atoms in total. The molecular weight excluding hydrogens is 190 g/mol. The molecule has 0 amide bonds. The van der Waals surface area contributed by atoms with Gasteiger partial charge in [-0.1, -0.05) is 6.07 Å². The largest absolute Gasteiger partial charge is 0.244 e. The van der Waals surface area contributed by atoms with E-state index in [-0.39, 0.29) is 0 Å². The van der Waals surface area contributed by atoms with Crippen LogP contribution in [-0.2, 0) is 6.54 Å². The number of anilines is 2. The van der Waals surface area contributed by atoms with Gasteiger partial charge in [0.25, 0.3) is 0 Å². The van der Waals surface area contributed by atoms with Gasteiger partial charge in [-0.15, -0.1) is 0 Å². The third-order valence-corrected chi connectivity index (χ3v) is 2.28. The minimum atomic E-state index is 0.743. The number of fused-ring (bicyclic) bond motifs is 1. The first kappa shape index (κ1) is 8.31. The van der Waals surface area contributed by atoms with Crippen LogP contribution >= 0.6 is 0 Å². The van der Waals surface area contributed by atoms with Crippen molar-refractivity contribution in [3.05, 3.63) is 42.5 Å². The number of rotatable bonds is 1. The average Bonchev–Trinajstić information content (AvgIpc) is 2.74. The summed E-state index contributed by atoms with van der Waals surface area (Å²) in [4.78, 5) is 12.5. The van der Waals surface area contributed by atoms with Crippen molar-refractivity contribution in [2.75, 3.05) is 5.01 Å². The zero-order chi connectivity index (χ0) is 10.1. The van der Waals surface area contributed by atoms with Gasteiger partial charge in [-0.3, -0.25) is 0 Å². The highest BCUT2D eigenvalue weighted by Crippen LogP contribution is 2.26. The first-order valence-electron chi connectivity index (χ1n) is 4.69. The summed E-state index contributed by atoms with van der Waals surface area (Å²) in [7, 11) is 0. The van der Waals surface area contributed by atoms with Crippen LogP contribution in [0.3, 0.4) is 0 Å². The van der Waals surface area contributed by atoms with E-state index in [1.54, 1.807) is 12.5 Å². The molecule has 3 rings (SSSR count). The van der Waals surface area contributed by atoms with Crippen LogP contribution in [-0.4, -0.2) is 15.0 Å². The van der Waals surface area contributed by atoms with Gasteiger partial charge < -0.3 is 0 Å². The minimum absolute atomic E-state index is 0.743. The Bertz CT molecular complexity index is 470. The summed E-state index contributed by atoms with van der Waals surface area (Å²) >= 11 is 0. The maximum atomic E-state index is 4.26. The lowest BCUT2D eigenvalue weighted by Gasteiger charge is -2.15. The van der Waals surface area contributed by atoms with Crippen molar-refractivity contribution in [2.24, 2.45) is 0 Å². The van der Waals surface area contributed by atoms with Crippen molar-refractivity contribution < 1.29 is 0 Å². The summed E-state index contributed by atoms with van der Waals surface area (Å²) in [6, 6.07) is 5.77. The van der Waals surface area contributed by atoms with Crippen molar-refractivity contribution in [2.45, 2.75) is 6.54 Å². The van der Waals surface area contributed by atoms with Gasteiger partial charge in [-0.05, 0) is 12.1 Å². The van der Waals surface area contributed by atoms with Gasteiger partial charge in [-0.2, -0.15) is 0 Å². The van der Waals surface area contributed by atoms with E-state index in [9.17, 15) is 0 Å². The minimum Gasteiger partial charge on any atom is -0.244 e. The Balaban J connectivity index is 2.05. The van der Waals surface area contributed by atoms with Crippen molar-refractivity contribution in [3.8, 4) is 0 Å². The van der Waals surface area contributed by atoms with E-state index in [0.717, 1.165) is 23.7 Å². The van der Waals surface area contributed by atoms with Crippen LogP contribution in [0, 0.1) is 0 Å². The predicted molar refractivity (Wildman–Crippen MR) is 55.2 cm³/mol. The smallest absolute Gasteiger partial charge is 0.156 e. The number of nitrogens with one attached hydrogen (secondary N) is 1. The van der Waals surface area contributed by atoms with Gasteiger partial charge in [-0.25, -0.2) is 25.4 Å². The van der Waals surface area contributed by atoms with Crippen LogP contribution in [0.4, 0.5) is 11.6 Å². The van der Waals surface area contributed by atoms with Crippen molar-refractivity contribution in [1.29, 1.82) is 0 Å². The third-order valence-electron chi connectivity index (χ3n) is 2.28. The predicted octanol–water partition coefficient (Wildman–Crippen LogP) is 1.03. The van der Waals surface area contributed by atoms with E-state index < -0.39 is 0 Å². The van der Waals surface area contributed by atoms with E-state index in [4.69, 9.17) is 0 Å². The Morgan fingerprint density at radius 2 is 2.27 bits per heavy atom. The summed E-state index contributed by atoms with van der Waals surface area (Å²) in [6.45, 7) is 0.743. The van der Waals surface area contributed by atoms with Crippen LogP contribution < -0.4 is 10.4 Å². The summed E-state index contributed by atoms with van der Waals surface area (Å²) in [5.41, 5.74) is 4.29. The van der Waals surface area contributed by atoms with Gasteiger partial charge in [0.1, 0.15) is 12.1 Å². The number of hydrogen-bond acceptors (Lipinski definition) is 5. The van der Waals surface area contributed by atoms with Gasteiger partial charge >= 0.3 is 0 Å². The molecule has 0 saturated carbocycles. The number of aromatic nitrogens is 3. The molecular formula is C10H9N5. The molecule has 74 valence electrons. The highest BCUT2D eigenvalue weighted by Gasteiger charge is 2.21. The number of hydrogen-bond donors (Lipinski definition) is 1. The van der Waals surface area contributed by atoms with Crippen molar-refractivity contribution in [3.63, 3.8) is 0 Å². The van der Waals surface area contributed by atoms with Gasteiger partial charge in [0.15, 0.2) is 5.82 Å². The highest BCUT2D eigenvalue weighted by atomic mass is 15.6. The second-order valence-corrected chi connectivity index (χ2v) is 3.23. The van der Waals surface area contributed by atoms with Gasteiger partial charge in [0, 0.05) is 24.5 Å². The van der Waals surface area contributed by atoms with E-state index in [1.807, 2.05) is 29.4 Å². The fourth-order valence-electron chi connectivity index (χ4n) is 1.59. The molecule has 2 aromatic rings. The molecule has 15 heavy (non-hydrogen) atoms. The standard InChI is InChI=1S/C10H9N5/c1-2-4-12-9(3-1)15-10-8(6-14-15)5-11-7-13-10/h1-5,7,14H,6H2. The van der Waals surface area contributed by atoms with Crippen LogP contribution in [0.2, 0.25) is 0 Å².